The molecule has 4 atom stereocenters. The molecule has 1 amide bonds. The zero-order chi connectivity index (χ0) is 44.0. The van der Waals surface area contributed by atoms with Gasteiger partial charge in [0, 0.05) is 37.1 Å². The van der Waals surface area contributed by atoms with Gasteiger partial charge in [-0.15, -0.1) is 0 Å². The van der Waals surface area contributed by atoms with Crippen LogP contribution in [0.2, 0.25) is 5.02 Å². The van der Waals surface area contributed by atoms with Crippen molar-refractivity contribution in [2.24, 2.45) is 18.9 Å². The van der Waals surface area contributed by atoms with Crippen LogP contribution in [-0.4, -0.2) is 55.8 Å². The van der Waals surface area contributed by atoms with E-state index in [4.69, 9.17) is 21.3 Å². The van der Waals surface area contributed by atoms with E-state index in [9.17, 15) is 35.6 Å². The molecule has 0 radical (unpaired) electrons. The summed E-state index contributed by atoms with van der Waals surface area (Å²) in [4.78, 5) is 33.9. The Labute approximate surface area is 348 Å². The number of alkyl halides is 4. The number of aryl methyl sites for hydroxylation is 1. The average Bonchev–Trinajstić information content (AvgIpc) is 3.69. The van der Waals surface area contributed by atoms with Crippen LogP contribution >= 0.6 is 11.6 Å². The molecule has 2 N–H and O–H groups in total. The predicted octanol–water partition coefficient (Wildman–Crippen LogP) is 7.44. The van der Waals surface area contributed by atoms with Crippen molar-refractivity contribution >= 4 is 55.2 Å². The number of carbonyl (C=O) groups is 1. The number of hydrogen-bond donors (Lipinski definition) is 2. The summed E-state index contributed by atoms with van der Waals surface area (Å²) in [5.74, 6) is -8.58. The summed E-state index contributed by atoms with van der Waals surface area (Å²) in [5.41, 5.74) is -2.48. The lowest BCUT2D eigenvalue weighted by molar-refractivity contribution is -0.123. The fourth-order valence-corrected chi connectivity index (χ4v) is 8.72. The molecular weight excluding hydrogens is 854 g/mol. The van der Waals surface area contributed by atoms with Crippen molar-refractivity contribution in [2.75, 3.05) is 11.0 Å². The van der Waals surface area contributed by atoms with Gasteiger partial charge in [-0.05, 0) is 67.1 Å². The molecule has 8 rings (SSSR count). The lowest BCUT2D eigenvalue weighted by Gasteiger charge is -2.24. The molecule has 0 saturated heterocycles. The average molecular weight is 891 g/mol. The minimum atomic E-state index is -3.90. The maximum atomic E-state index is 15.5. The number of rotatable bonds is 13. The number of sulfonamides is 1. The van der Waals surface area contributed by atoms with Gasteiger partial charge in [-0.2, -0.15) is 19.0 Å². The van der Waals surface area contributed by atoms with Crippen LogP contribution < -0.4 is 20.3 Å². The smallest absolute Gasteiger partial charge is 0.293 e. The van der Waals surface area contributed by atoms with Crippen molar-refractivity contribution in [1.29, 1.82) is 0 Å². The molecule has 6 aromatic rings. The van der Waals surface area contributed by atoms with Crippen molar-refractivity contribution in [2.45, 2.75) is 70.6 Å². The molecule has 0 bridgehead atoms. The summed E-state index contributed by atoms with van der Waals surface area (Å²) in [6.45, 7) is 4.76. The lowest BCUT2D eigenvalue weighted by atomic mass is 10.0. The van der Waals surface area contributed by atoms with Crippen LogP contribution in [0.5, 0.6) is 5.75 Å². The SMILES string of the molecule is CC(C)[C@H](C)Oc1ccc2c(=O)n(-c3ccc(Cl)c4c(NS(C)(=O)=O)nn(C)c34)c([C@H](Cc3cc(F)cc(F)c3)NC(=O)Cn3nc(C(F)F)c4c3C(F)(F)[C@@H]3C[C@H]43)nc2c1. The van der Waals surface area contributed by atoms with Gasteiger partial charge in [0.25, 0.3) is 17.9 Å². The van der Waals surface area contributed by atoms with Gasteiger partial charge in [-0.1, -0.05) is 25.4 Å². The highest BCUT2D eigenvalue weighted by Crippen LogP contribution is 2.68. The van der Waals surface area contributed by atoms with E-state index in [2.05, 4.69) is 20.2 Å². The minimum absolute atomic E-state index is 0.00137. The summed E-state index contributed by atoms with van der Waals surface area (Å²) in [6, 6.07) is 8.40. The Morgan fingerprint density at radius 1 is 1.05 bits per heavy atom. The first-order valence-corrected chi connectivity index (χ1v) is 21.3. The number of hydrogen-bond acceptors (Lipinski definition) is 8. The van der Waals surface area contributed by atoms with E-state index in [1.165, 1.54) is 36.0 Å². The van der Waals surface area contributed by atoms with Crippen LogP contribution in [-0.2, 0) is 40.8 Å². The summed E-state index contributed by atoms with van der Waals surface area (Å²) >= 11 is 6.62. The number of benzene rings is 3. The highest BCUT2D eigenvalue weighted by Gasteiger charge is 2.67. The van der Waals surface area contributed by atoms with Gasteiger partial charge in [-0.3, -0.25) is 28.2 Å². The maximum Gasteiger partial charge on any atom is 0.293 e. The first-order chi connectivity index (χ1) is 28.6. The third-order valence-electron chi connectivity index (χ3n) is 11.0. The molecule has 3 heterocycles. The van der Waals surface area contributed by atoms with Crippen molar-refractivity contribution in [1.82, 2.24) is 34.4 Å². The molecule has 1 fully saturated rings. The molecule has 3 aromatic heterocycles. The van der Waals surface area contributed by atoms with E-state index in [-0.39, 0.29) is 73.7 Å². The highest BCUT2D eigenvalue weighted by molar-refractivity contribution is 7.92. The molecule has 21 heteroatoms. The van der Waals surface area contributed by atoms with Crippen LogP contribution in [0.4, 0.5) is 32.2 Å². The third-order valence-corrected chi connectivity index (χ3v) is 11.9. The van der Waals surface area contributed by atoms with Crippen molar-refractivity contribution < 1.29 is 44.3 Å². The van der Waals surface area contributed by atoms with Crippen LogP contribution in [0.3, 0.4) is 0 Å². The number of anilines is 1. The molecule has 0 unspecified atom stereocenters. The predicted molar refractivity (Wildman–Crippen MR) is 213 cm³/mol. The molecule has 2 aliphatic rings. The minimum Gasteiger partial charge on any atom is -0.490 e. The molecular formula is C40H37ClF6N8O5S. The quantitative estimate of drug-likeness (QED) is 0.114. The number of carbonyl (C=O) groups excluding carboxylic acids is 1. The van der Waals surface area contributed by atoms with Gasteiger partial charge in [0.05, 0.1) is 50.9 Å². The van der Waals surface area contributed by atoms with Crippen molar-refractivity contribution in [3.63, 3.8) is 0 Å². The van der Waals surface area contributed by atoms with E-state index in [0.29, 0.717) is 16.5 Å². The van der Waals surface area contributed by atoms with Crippen LogP contribution in [0.1, 0.15) is 73.9 Å². The zero-order valence-electron chi connectivity index (χ0n) is 33.0. The number of nitrogens with one attached hydrogen (secondary N) is 2. The number of ether oxygens (including phenoxy) is 1. The number of aromatic nitrogens is 6. The Morgan fingerprint density at radius 3 is 2.41 bits per heavy atom. The molecule has 0 spiro atoms. The van der Waals surface area contributed by atoms with E-state index in [0.717, 1.165) is 23.0 Å². The van der Waals surface area contributed by atoms with Gasteiger partial charge in [0.1, 0.15) is 41.1 Å². The largest absolute Gasteiger partial charge is 0.490 e. The number of nitrogens with zero attached hydrogens (tertiary/aromatic N) is 6. The maximum absolute atomic E-state index is 15.5. The summed E-state index contributed by atoms with van der Waals surface area (Å²) in [7, 11) is -2.45. The molecule has 3 aromatic carbocycles. The molecule has 1 saturated carbocycles. The van der Waals surface area contributed by atoms with Gasteiger partial charge >= 0.3 is 0 Å². The molecule has 0 aliphatic heterocycles. The molecule has 2 aliphatic carbocycles. The summed E-state index contributed by atoms with van der Waals surface area (Å²) in [5, 5.41) is 10.9. The van der Waals surface area contributed by atoms with Crippen molar-refractivity contribution in [3.8, 4) is 11.4 Å². The van der Waals surface area contributed by atoms with Crippen LogP contribution in [0, 0.1) is 23.5 Å². The molecule has 322 valence electrons. The van der Waals surface area contributed by atoms with Gasteiger partial charge in [0.2, 0.25) is 15.9 Å². The van der Waals surface area contributed by atoms with E-state index in [1.807, 2.05) is 20.8 Å². The van der Waals surface area contributed by atoms with Gasteiger partial charge in [-0.25, -0.2) is 31.0 Å². The second-order valence-corrected chi connectivity index (χ2v) is 17.9. The topological polar surface area (TPSA) is 155 Å². The van der Waals surface area contributed by atoms with Crippen LogP contribution in [0.15, 0.2) is 53.3 Å². The first-order valence-electron chi connectivity index (χ1n) is 19.0. The Balaban J connectivity index is 1.34. The van der Waals surface area contributed by atoms with E-state index in [1.54, 1.807) is 6.07 Å². The first kappa shape index (κ1) is 42.1. The zero-order valence-corrected chi connectivity index (χ0v) is 34.6. The number of amides is 1. The monoisotopic (exact) mass is 890 g/mol. The summed E-state index contributed by atoms with van der Waals surface area (Å²) in [6.07, 6.45) is -3.03. The van der Waals surface area contributed by atoms with Gasteiger partial charge < -0.3 is 10.1 Å². The standard InChI is InChI=1S/C40H37ClF6N8O5S/c1-17(2)18(3)60-22-6-7-23-27(14-22)49-38(55(39(23)57)29-9-8-26(41)32-34(29)53(4)51-37(32)52-61(5,58)59)28(12-19-10-20(42)13-21(43)11-19)48-30(56)16-54-35-31(33(50-54)36(44)45)24-15-25(24)40(35,46)47/h6-11,13-14,17-18,24-25,28,36H,12,15-16H2,1-5H3,(H,48,56)(H,51,52)/t18-,24-,25+,28-/m0/s1. The van der Waals surface area contributed by atoms with Crippen molar-refractivity contribution in [3.05, 3.63) is 104 Å². The third kappa shape index (κ3) is 7.68. The Kier molecular flexibility index (Phi) is 10.4. The van der Waals surface area contributed by atoms with Gasteiger partial charge in [0.15, 0.2) is 5.82 Å². The lowest BCUT2D eigenvalue weighted by Crippen LogP contribution is -2.38. The van der Waals surface area contributed by atoms with E-state index < -0.39 is 87.7 Å². The Morgan fingerprint density at radius 2 is 1.75 bits per heavy atom. The second kappa shape index (κ2) is 15.1. The highest BCUT2D eigenvalue weighted by atomic mass is 35.5. The number of fused-ring (bicyclic) bond motifs is 5. The second-order valence-electron chi connectivity index (χ2n) is 15.8. The Hall–Kier alpha value is -5.63. The molecule has 61 heavy (non-hydrogen) atoms. The summed E-state index contributed by atoms with van der Waals surface area (Å²) < 4.78 is 125. The fourth-order valence-electron chi connectivity index (χ4n) is 7.98. The number of halogens is 7. The normalized spacial score (nSPS) is 17.8. The fraction of sp³-hybridized carbons (Fsp3) is 0.375. The van der Waals surface area contributed by atoms with Crippen LogP contribution in [0.25, 0.3) is 27.5 Å². The molecule has 13 nitrogen and oxygen atoms in total. The Bertz CT molecular complexity index is 2930. The van der Waals surface area contributed by atoms with E-state index >= 15 is 8.78 Å².